The summed E-state index contributed by atoms with van der Waals surface area (Å²) in [5.41, 5.74) is 0. The van der Waals surface area contributed by atoms with Crippen LogP contribution >= 0.6 is 0 Å². The summed E-state index contributed by atoms with van der Waals surface area (Å²) in [4.78, 5) is 0. The molecule has 0 atom stereocenters. The average molecular weight is 377 g/mol. The Hall–Kier alpha value is 1.19. The topological polar surface area (TPSA) is 0 Å². The summed E-state index contributed by atoms with van der Waals surface area (Å²) in [6.45, 7) is 4.72. The molecule has 4 saturated carbocycles. The zero-order valence-corrected chi connectivity index (χ0v) is 20.5. The third kappa shape index (κ3) is 21.9. The van der Waals surface area contributed by atoms with E-state index in [0.717, 1.165) is 11.8 Å². The molecule has 4 fully saturated rings. The van der Waals surface area contributed by atoms with Crippen LogP contribution in [0, 0.1) is 24.7 Å². The summed E-state index contributed by atoms with van der Waals surface area (Å²) in [5, 5.41) is 0. The van der Waals surface area contributed by atoms with Crippen LogP contribution in [0.1, 0.15) is 142 Å². The van der Waals surface area contributed by atoms with E-state index in [2.05, 4.69) is 26.7 Å². The minimum Gasteiger partial charge on any atom is -0.328 e. The largest absolute Gasteiger partial charge is 1.00 e. The summed E-state index contributed by atoms with van der Waals surface area (Å²) in [6.07, 6.45) is 33.9. The number of hydrogen-bond donors (Lipinski definition) is 0. The third-order valence-corrected chi connectivity index (χ3v) is 6.42. The maximum atomic E-state index is 2.39. The van der Waals surface area contributed by atoms with Gasteiger partial charge in [-0.1, -0.05) is 117 Å². The maximum absolute atomic E-state index is 2.39. The smallest absolute Gasteiger partial charge is 0.328 e. The molecule has 4 rings (SSSR count). The Morgan fingerprint density at radius 3 is 0.750 bits per heavy atom. The van der Waals surface area contributed by atoms with Gasteiger partial charge in [-0.25, -0.2) is 0 Å². The Morgan fingerprint density at radius 1 is 0.393 bits per heavy atom. The fourth-order valence-electron chi connectivity index (χ4n) is 4.41. The fraction of sp³-hybridized carbons (Fsp3) is 0.923. The molecule has 0 amide bonds. The maximum Gasteiger partial charge on any atom is 1.00 e. The van der Waals surface area contributed by atoms with Crippen molar-refractivity contribution in [2.75, 3.05) is 0 Å². The van der Waals surface area contributed by atoms with Crippen LogP contribution in [0.5, 0.6) is 0 Å². The molecular formula is C26H50Li2. The van der Waals surface area contributed by atoms with Crippen molar-refractivity contribution in [1.82, 2.24) is 0 Å². The summed E-state index contributed by atoms with van der Waals surface area (Å²) < 4.78 is 0. The van der Waals surface area contributed by atoms with Crippen LogP contribution in [-0.2, 0) is 0 Å². The minimum absolute atomic E-state index is 0. The standard InChI is InChI=1S/2C7H14.2C6H11.2Li/c2*1-7-5-3-2-4-6-7;2*1-2-4-6-5-3-1;;/h2*7H,2-6H2,1H3;2*1H,2-6H2;;/q;;2*-1;2*+1. The van der Waals surface area contributed by atoms with Crippen molar-refractivity contribution >= 4 is 0 Å². The van der Waals surface area contributed by atoms with Gasteiger partial charge in [-0.2, -0.15) is 25.7 Å². The van der Waals surface area contributed by atoms with E-state index in [1.165, 1.54) is 128 Å². The van der Waals surface area contributed by atoms with Gasteiger partial charge in [-0.15, -0.1) is 0 Å². The van der Waals surface area contributed by atoms with Gasteiger partial charge in [0.1, 0.15) is 0 Å². The van der Waals surface area contributed by atoms with Crippen molar-refractivity contribution in [3.63, 3.8) is 0 Å². The second-order valence-corrected chi connectivity index (χ2v) is 9.34. The Labute approximate surface area is 203 Å². The first-order valence-electron chi connectivity index (χ1n) is 12.4. The molecule has 4 aliphatic carbocycles. The molecule has 0 bridgehead atoms. The molecule has 156 valence electrons. The van der Waals surface area contributed by atoms with Gasteiger partial charge in [0.2, 0.25) is 0 Å². The Balaban J connectivity index is 0. The van der Waals surface area contributed by atoms with Crippen molar-refractivity contribution in [3.05, 3.63) is 12.8 Å². The van der Waals surface area contributed by atoms with Gasteiger partial charge in [0.15, 0.2) is 0 Å². The summed E-state index contributed by atoms with van der Waals surface area (Å²) in [7, 11) is 0. The van der Waals surface area contributed by atoms with Gasteiger partial charge in [0.25, 0.3) is 0 Å². The van der Waals surface area contributed by atoms with Crippen molar-refractivity contribution < 1.29 is 37.7 Å². The van der Waals surface area contributed by atoms with Crippen molar-refractivity contribution in [2.24, 2.45) is 11.8 Å². The quantitative estimate of drug-likeness (QED) is 0.448. The molecule has 2 heteroatoms. The van der Waals surface area contributed by atoms with Crippen molar-refractivity contribution in [1.29, 1.82) is 0 Å². The Bertz CT molecular complexity index is 209. The van der Waals surface area contributed by atoms with E-state index in [1.54, 1.807) is 0 Å². The summed E-state index contributed by atoms with van der Waals surface area (Å²) in [6, 6.07) is 0. The second-order valence-electron chi connectivity index (χ2n) is 9.34. The summed E-state index contributed by atoms with van der Waals surface area (Å²) in [5.74, 6) is 2.07. The van der Waals surface area contributed by atoms with E-state index < -0.39 is 0 Å². The van der Waals surface area contributed by atoms with E-state index in [9.17, 15) is 0 Å². The van der Waals surface area contributed by atoms with E-state index in [1.807, 2.05) is 0 Å². The van der Waals surface area contributed by atoms with Crippen LogP contribution in [0.3, 0.4) is 0 Å². The molecule has 0 aliphatic heterocycles. The molecular weight excluding hydrogens is 326 g/mol. The van der Waals surface area contributed by atoms with Gasteiger partial charge < -0.3 is 12.8 Å². The van der Waals surface area contributed by atoms with Gasteiger partial charge >= 0.3 is 37.7 Å². The normalized spacial score (nSPS) is 22.9. The van der Waals surface area contributed by atoms with E-state index in [0.29, 0.717) is 0 Å². The SMILES string of the molecule is CC1CCCCC1.CC1CCCCC1.[CH-]1CCCCC1.[CH-]1CCCCC1.[Li+].[Li+]. The molecule has 0 aromatic heterocycles. The van der Waals surface area contributed by atoms with E-state index in [4.69, 9.17) is 0 Å². The molecule has 0 unspecified atom stereocenters. The zero-order valence-electron chi connectivity index (χ0n) is 20.5. The Kier molecular flexibility index (Phi) is 27.4. The van der Waals surface area contributed by atoms with Crippen LogP contribution in [0.15, 0.2) is 0 Å². The van der Waals surface area contributed by atoms with Gasteiger partial charge in [0, 0.05) is 0 Å². The molecule has 0 radical (unpaired) electrons. The number of rotatable bonds is 0. The molecule has 0 aromatic carbocycles. The summed E-state index contributed by atoms with van der Waals surface area (Å²) >= 11 is 0. The predicted molar refractivity (Wildman–Crippen MR) is 119 cm³/mol. The monoisotopic (exact) mass is 376 g/mol. The van der Waals surface area contributed by atoms with Gasteiger partial charge in [0.05, 0.1) is 0 Å². The van der Waals surface area contributed by atoms with E-state index in [-0.39, 0.29) is 37.7 Å². The molecule has 0 spiro atoms. The van der Waals surface area contributed by atoms with Crippen LogP contribution in [-0.4, -0.2) is 0 Å². The average Bonchev–Trinajstić information content (AvgIpc) is 2.73. The molecule has 28 heavy (non-hydrogen) atoms. The first-order chi connectivity index (χ1) is 12.8. The molecule has 0 nitrogen and oxygen atoms in total. The molecule has 0 aromatic rings. The second kappa shape index (κ2) is 24.5. The molecule has 0 N–H and O–H groups in total. The molecule has 4 aliphatic rings. The van der Waals surface area contributed by atoms with Crippen LogP contribution < -0.4 is 37.7 Å². The van der Waals surface area contributed by atoms with Crippen molar-refractivity contribution in [3.8, 4) is 0 Å². The first kappa shape index (κ1) is 31.4. The number of hydrogen-bond acceptors (Lipinski definition) is 0. The minimum atomic E-state index is 0. The fourth-order valence-corrected chi connectivity index (χ4v) is 4.41. The zero-order chi connectivity index (χ0) is 18.7. The van der Waals surface area contributed by atoms with Gasteiger partial charge in [-0.3, -0.25) is 0 Å². The van der Waals surface area contributed by atoms with E-state index >= 15 is 0 Å². The van der Waals surface area contributed by atoms with Gasteiger partial charge in [-0.05, 0) is 11.8 Å². The van der Waals surface area contributed by atoms with Crippen LogP contribution in [0.2, 0.25) is 0 Å². The first-order valence-corrected chi connectivity index (χ1v) is 12.4. The molecule has 0 saturated heterocycles. The Morgan fingerprint density at radius 2 is 0.643 bits per heavy atom. The predicted octanol–water partition coefficient (Wildman–Crippen LogP) is 3.49. The van der Waals surface area contributed by atoms with Crippen LogP contribution in [0.25, 0.3) is 0 Å². The third-order valence-electron chi connectivity index (χ3n) is 6.42. The van der Waals surface area contributed by atoms with Crippen LogP contribution in [0.4, 0.5) is 0 Å². The van der Waals surface area contributed by atoms with Crippen molar-refractivity contribution in [2.45, 2.75) is 142 Å². The molecule has 0 heterocycles.